The molecule has 1 aliphatic carbocycles. The number of benzene rings is 1. The van der Waals surface area contributed by atoms with Gasteiger partial charge in [0.2, 0.25) is 0 Å². The van der Waals surface area contributed by atoms with Gasteiger partial charge in [-0.2, -0.15) is 5.10 Å². The van der Waals surface area contributed by atoms with Crippen LogP contribution in [0.1, 0.15) is 19.0 Å². The molecule has 0 spiro atoms. The van der Waals surface area contributed by atoms with Crippen LogP contribution in [0, 0.1) is 5.92 Å². The van der Waals surface area contributed by atoms with Gasteiger partial charge in [0.1, 0.15) is 0 Å². The van der Waals surface area contributed by atoms with Gasteiger partial charge in [-0.15, -0.1) is 0 Å². The molecule has 1 aromatic carbocycles. The van der Waals surface area contributed by atoms with Crippen molar-refractivity contribution in [1.29, 1.82) is 0 Å². The van der Waals surface area contributed by atoms with Crippen LogP contribution in [0.25, 0.3) is 5.69 Å². The summed E-state index contributed by atoms with van der Waals surface area (Å²) < 4.78 is 1.89. The molecule has 2 aromatic rings. The summed E-state index contributed by atoms with van der Waals surface area (Å²) in [6.45, 7) is 2.91. The van der Waals surface area contributed by atoms with E-state index < -0.39 is 0 Å². The second-order valence-corrected chi connectivity index (χ2v) is 5.48. The Balaban J connectivity index is 1.57. The van der Waals surface area contributed by atoms with E-state index in [0.29, 0.717) is 12.6 Å². The summed E-state index contributed by atoms with van der Waals surface area (Å²) in [6.07, 6.45) is 3.20. The van der Waals surface area contributed by atoms with Gasteiger partial charge in [0.05, 0.1) is 17.9 Å². The summed E-state index contributed by atoms with van der Waals surface area (Å²) >= 11 is 0. The maximum Gasteiger partial charge on any atom is 0.191 e. The SMILES string of the molecule is CN=C(NCc1ccn(-c2ccccc2)n1)NC1CC1C. The van der Waals surface area contributed by atoms with Crippen molar-refractivity contribution in [2.24, 2.45) is 10.9 Å². The molecule has 0 amide bonds. The monoisotopic (exact) mass is 283 g/mol. The fourth-order valence-corrected chi connectivity index (χ4v) is 2.25. The van der Waals surface area contributed by atoms with E-state index in [1.165, 1.54) is 6.42 Å². The highest BCUT2D eigenvalue weighted by molar-refractivity contribution is 5.80. The quantitative estimate of drug-likeness (QED) is 0.666. The van der Waals surface area contributed by atoms with Crippen molar-refractivity contribution in [2.75, 3.05) is 7.05 Å². The van der Waals surface area contributed by atoms with Gasteiger partial charge in [-0.05, 0) is 30.5 Å². The van der Waals surface area contributed by atoms with Crippen molar-refractivity contribution in [3.63, 3.8) is 0 Å². The molecule has 1 heterocycles. The van der Waals surface area contributed by atoms with E-state index in [-0.39, 0.29) is 0 Å². The van der Waals surface area contributed by atoms with Crippen LogP contribution in [-0.4, -0.2) is 28.8 Å². The molecule has 0 aliphatic heterocycles. The van der Waals surface area contributed by atoms with Crippen LogP contribution in [0.15, 0.2) is 47.6 Å². The van der Waals surface area contributed by atoms with Crippen molar-refractivity contribution in [3.8, 4) is 5.69 Å². The third-order valence-corrected chi connectivity index (χ3v) is 3.76. The lowest BCUT2D eigenvalue weighted by atomic mass is 10.3. The predicted octanol–water partition coefficient (Wildman–Crippen LogP) is 1.95. The molecule has 21 heavy (non-hydrogen) atoms. The molecule has 0 bridgehead atoms. The van der Waals surface area contributed by atoms with Gasteiger partial charge in [0.15, 0.2) is 5.96 Å². The molecule has 2 atom stereocenters. The minimum atomic E-state index is 0.568. The summed E-state index contributed by atoms with van der Waals surface area (Å²) in [7, 11) is 1.80. The first kappa shape index (κ1) is 13.7. The molecule has 110 valence electrons. The Labute approximate surface area is 125 Å². The van der Waals surface area contributed by atoms with Gasteiger partial charge in [-0.1, -0.05) is 25.1 Å². The zero-order valence-electron chi connectivity index (χ0n) is 12.5. The number of para-hydroxylation sites is 1. The minimum absolute atomic E-state index is 0.568. The number of guanidine groups is 1. The third-order valence-electron chi connectivity index (χ3n) is 3.76. The van der Waals surface area contributed by atoms with E-state index in [9.17, 15) is 0 Å². The first-order chi connectivity index (χ1) is 10.3. The number of nitrogens with one attached hydrogen (secondary N) is 2. The lowest BCUT2D eigenvalue weighted by Gasteiger charge is -2.10. The van der Waals surface area contributed by atoms with Crippen molar-refractivity contribution in [1.82, 2.24) is 20.4 Å². The van der Waals surface area contributed by atoms with Gasteiger partial charge in [0.25, 0.3) is 0 Å². The van der Waals surface area contributed by atoms with Gasteiger partial charge >= 0.3 is 0 Å². The third kappa shape index (κ3) is 3.42. The average Bonchev–Trinajstić information content (AvgIpc) is 3.02. The number of hydrogen-bond donors (Lipinski definition) is 2. The molecule has 1 aliphatic rings. The maximum atomic E-state index is 4.57. The zero-order valence-corrected chi connectivity index (χ0v) is 12.5. The number of hydrogen-bond acceptors (Lipinski definition) is 2. The Morgan fingerprint density at radius 1 is 1.33 bits per heavy atom. The number of aliphatic imine (C=N–C) groups is 1. The van der Waals surface area contributed by atoms with Crippen molar-refractivity contribution < 1.29 is 0 Å². The molecule has 3 rings (SSSR count). The largest absolute Gasteiger partial charge is 0.353 e. The van der Waals surface area contributed by atoms with E-state index in [0.717, 1.165) is 23.3 Å². The lowest BCUT2D eigenvalue weighted by Crippen LogP contribution is -2.38. The van der Waals surface area contributed by atoms with Crippen LogP contribution in [0.4, 0.5) is 0 Å². The van der Waals surface area contributed by atoms with Crippen molar-refractivity contribution >= 4 is 5.96 Å². The van der Waals surface area contributed by atoms with E-state index in [4.69, 9.17) is 0 Å². The summed E-state index contributed by atoms with van der Waals surface area (Å²) in [4.78, 5) is 4.24. The predicted molar refractivity (Wildman–Crippen MR) is 84.5 cm³/mol. The Kier molecular flexibility index (Phi) is 3.90. The van der Waals surface area contributed by atoms with Gasteiger partial charge in [-0.25, -0.2) is 4.68 Å². The van der Waals surface area contributed by atoms with Gasteiger partial charge < -0.3 is 10.6 Å². The summed E-state index contributed by atoms with van der Waals surface area (Å²) in [6, 6.07) is 12.7. The average molecular weight is 283 g/mol. The topological polar surface area (TPSA) is 54.2 Å². The highest BCUT2D eigenvalue weighted by atomic mass is 15.3. The van der Waals surface area contributed by atoms with Crippen LogP contribution < -0.4 is 10.6 Å². The van der Waals surface area contributed by atoms with E-state index in [2.05, 4.69) is 27.6 Å². The fourth-order valence-electron chi connectivity index (χ4n) is 2.25. The van der Waals surface area contributed by atoms with Gasteiger partial charge in [0, 0.05) is 19.3 Å². The van der Waals surface area contributed by atoms with Crippen LogP contribution in [0.5, 0.6) is 0 Å². The Bertz CT molecular complexity index is 617. The standard InChI is InChI=1S/C16H21N5/c1-12-10-15(12)19-16(17-2)18-11-13-8-9-21(20-13)14-6-4-3-5-7-14/h3-9,12,15H,10-11H2,1-2H3,(H2,17,18,19). The zero-order chi connectivity index (χ0) is 14.7. The Morgan fingerprint density at radius 2 is 2.10 bits per heavy atom. The number of nitrogens with zero attached hydrogens (tertiary/aromatic N) is 3. The van der Waals surface area contributed by atoms with Crippen LogP contribution in [-0.2, 0) is 6.54 Å². The van der Waals surface area contributed by atoms with E-state index >= 15 is 0 Å². The van der Waals surface area contributed by atoms with Crippen molar-refractivity contribution in [2.45, 2.75) is 25.9 Å². The van der Waals surface area contributed by atoms with Crippen LogP contribution in [0.3, 0.4) is 0 Å². The Hall–Kier alpha value is -2.30. The molecule has 1 aromatic heterocycles. The molecule has 5 nitrogen and oxygen atoms in total. The normalized spacial score (nSPS) is 21.1. The molecule has 2 N–H and O–H groups in total. The second kappa shape index (κ2) is 5.99. The summed E-state index contributed by atoms with van der Waals surface area (Å²) in [5.74, 6) is 1.60. The molecule has 1 saturated carbocycles. The molecule has 5 heteroatoms. The molecule has 2 unspecified atom stereocenters. The van der Waals surface area contributed by atoms with Crippen molar-refractivity contribution in [3.05, 3.63) is 48.3 Å². The molecule has 0 radical (unpaired) electrons. The summed E-state index contributed by atoms with van der Waals surface area (Å²) in [5.41, 5.74) is 2.06. The highest BCUT2D eigenvalue weighted by Gasteiger charge is 2.33. The first-order valence-corrected chi connectivity index (χ1v) is 7.33. The smallest absolute Gasteiger partial charge is 0.191 e. The highest BCUT2D eigenvalue weighted by Crippen LogP contribution is 2.28. The fraction of sp³-hybridized carbons (Fsp3) is 0.375. The maximum absolute atomic E-state index is 4.57. The summed E-state index contributed by atoms with van der Waals surface area (Å²) in [5, 5.41) is 11.3. The molecular weight excluding hydrogens is 262 g/mol. The number of rotatable bonds is 4. The van der Waals surface area contributed by atoms with E-state index in [1.807, 2.05) is 47.3 Å². The minimum Gasteiger partial charge on any atom is -0.353 e. The molecule has 1 fully saturated rings. The lowest BCUT2D eigenvalue weighted by molar-refractivity contribution is 0.745. The second-order valence-electron chi connectivity index (χ2n) is 5.48. The van der Waals surface area contributed by atoms with Gasteiger partial charge in [-0.3, -0.25) is 4.99 Å². The van der Waals surface area contributed by atoms with Crippen LogP contribution in [0.2, 0.25) is 0 Å². The molecular formula is C16H21N5. The first-order valence-electron chi connectivity index (χ1n) is 7.33. The Morgan fingerprint density at radius 3 is 2.76 bits per heavy atom. The number of aromatic nitrogens is 2. The molecule has 0 saturated heterocycles. The van der Waals surface area contributed by atoms with Crippen LogP contribution >= 0.6 is 0 Å². The van der Waals surface area contributed by atoms with E-state index in [1.54, 1.807) is 7.05 Å².